The van der Waals surface area contributed by atoms with E-state index in [1.54, 1.807) is 0 Å². The number of rotatable bonds is 6. The molecule has 0 aliphatic heterocycles. The van der Waals surface area contributed by atoms with E-state index in [9.17, 15) is 4.79 Å². The van der Waals surface area contributed by atoms with Crippen LogP contribution in [0.3, 0.4) is 0 Å². The van der Waals surface area contributed by atoms with Gasteiger partial charge in [0.2, 0.25) is 0 Å². The van der Waals surface area contributed by atoms with Gasteiger partial charge in [0, 0.05) is 23.5 Å². The van der Waals surface area contributed by atoms with Gasteiger partial charge in [-0.2, -0.15) is 0 Å². The van der Waals surface area contributed by atoms with Crippen molar-refractivity contribution < 1.29 is 4.79 Å². The molecule has 0 saturated heterocycles. The Kier molecular flexibility index (Phi) is 5.83. The molecular formula is C19H26N2OS. The Labute approximate surface area is 143 Å². The van der Waals surface area contributed by atoms with Crippen molar-refractivity contribution in [2.24, 2.45) is 0 Å². The van der Waals surface area contributed by atoms with Gasteiger partial charge in [-0.25, -0.2) is 0 Å². The van der Waals surface area contributed by atoms with Gasteiger partial charge < -0.3 is 10.6 Å². The molecule has 2 rings (SSSR count). The van der Waals surface area contributed by atoms with Crippen LogP contribution in [0.4, 0.5) is 5.00 Å². The lowest BCUT2D eigenvalue weighted by atomic mass is 9.99. The Morgan fingerprint density at radius 2 is 1.65 bits per heavy atom. The first-order valence-electron chi connectivity index (χ1n) is 8.24. The third-order valence-corrected chi connectivity index (χ3v) is 4.87. The quantitative estimate of drug-likeness (QED) is 0.821. The molecule has 0 radical (unpaired) electrons. The van der Waals surface area contributed by atoms with Crippen LogP contribution in [0.15, 0.2) is 24.3 Å². The summed E-state index contributed by atoms with van der Waals surface area (Å²) < 4.78 is 0. The molecule has 0 bridgehead atoms. The van der Waals surface area contributed by atoms with Crippen molar-refractivity contribution in [3.63, 3.8) is 0 Å². The molecule has 1 heterocycles. The third-order valence-electron chi connectivity index (χ3n) is 3.94. The molecule has 2 N–H and O–H groups in total. The monoisotopic (exact) mass is 330 g/mol. The topological polar surface area (TPSA) is 46.3 Å². The fourth-order valence-corrected chi connectivity index (χ4v) is 3.80. The second kappa shape index (κ2) is 7.64. The molecule has 0 fully saturated rings. The van der Waals surface area contributed by atoms with Crippen molar-refractivity contribution in [1.82, 2.24) is 4.90 Å². The summed E-state index contributed by atoms with van der Waals surface area (Å²) in [7, 11) is 0. The molecule has 2 aromatic rings. The van der Waals surface area contributed by atoms with Crippen LogP contribution in [-0.2, 0) is 0 Å². The van der Waals surface area contributed by atoms with E-state index in [-0.39, 0.29) is 5.91 Å². The van der Waals surface area contributed by atoms with Crippen LogP contribution >= 0.6 is 11.3 Å². The lowest BCUT2D eigenvalue weighted by Crippen LogP contribution is -2.33. The van der Waals surface area contributed by atoms with Crippen molar-refractivity contribution in [2.45, 2.75) is 40.5 Å². The number of aryl methyl sites for hydroxylation is 2. The summed E-state index contributed by atoms with van der Waals surface area (Å²) in [4.78, 5) is 16.1. The maximum atomic E-state index is 13.1. The highest BCUT2D eigenvalue weighted by Crippen LogP contribution is 2.39. The Bertz CT molecular complexity index is 667. The largest absolute Gasteiger partial charge is 0.390 e. The molecule has 0 unspecified atom stereocenters. The van der Waals surface area contributed by atoms with Gasteiger partial charge in [-0.15, -0.1) is 11.3 Å². The predicted octanol–water partition coefficient (Wildman–Crippen LogP) is 4.88. The maximum absolute atomic E-state index is 13.1. The predicted molar refractivity (Wildman–Crippen MR) is 100 cm³/mol. The highest BCUT2D eigenvalue weighted by atomic mass is 32.1. The highest BCUT2D eigenvalue weighted by Gasteiger charge is 2.25. The lowest BCUT2D eigenvalue weighted by Gasteiger charge is -2.22. The van der Waals surface area contributed by atoms with E-state index in [1.165, 1.54) is 16.9 Å². The number of nitrogens with zero attached hydrogens (tertiary/aromatic N) is 1. The van der Waals surface area contributed by atoms with E-state index in [4.69, 9.17) is 5.73 Å². The van der Waals surface area contributed by atoms with Crippen LogP contribution in [-0.4, -0.2) is 23.9 Å². The number of nitrogen functional groups attached to an aromatic ring is 1. The Balaban J connectivity index is 2.49. The molecule has 1 amide bonds. The summed E-state index contributed by atoms with van der Waals surface area (Å²) in [6, 6.07) is 8.30. The molecule has 0 atom stereocenters. The van der Waals surface area contributed by atoms with Gasteiger partial charge in [-0.05, 0) is 32.3 Å². The molecule has 0 aliphatic rings. The standard InChI is InChI=1S/C19H26N2OS/c1-5-11-21(12-6-2)19(22)17-16(14(4)23-18(17)20)15-9-7-13(3)8-10-15/h7-10H,5-6,11-12,20H2,1-4H3. The summed E-state index contributed by atoms with van der Waals surface area (Å²) >= 11 is 1.51. The zero-order chi connectivity index (χ0) is 17.0. The minimum atomic E-state index is 0.0612. The molecule has 0 spiro atoms. The highest BCUT2D eigenvalue weighted by molar-refractivity contribution is 7.16. The van der Waals surface area contributed by atoms with Crippen molar-refractivity contribution >= 4 is 22.2 Å². The fourth-order valence-electron chi connectivity index (χ4n) is 2.86. The minimum absolute atomic E-state index is 0.0612. The third kappa shape index (κ3) is 3.75. The summed E-state index contributed by atoms with van der Waals surface area (Å²) in [5, 5.41) is 0.625. The van der Waals surface area contributed by atoms with E-state index < -0.39 is 0 Å². The van der Waals surface area contributed by atoms with Crippen molar-refractivity contribution in [3.8, 4) is 11.1 Å². The second-order valence-corrected chi connectivity index (χ2v) is 7.19. The Morgan fingerprint density at radius 1 is 1.09 bits per heavy atom. The van der Waals surface area contributed by atoms with Crippen LogP contribution in [0.25, 0.3) is 11.1 Å². The number of amides is 1. The molecule has 0 aliphatic carbocycles. The summed E-state index contributed by atoms with van der Waals surface area (Å²) in [6.45, 7) is 9.84. The average Bonchev–Trinajstić information content (AvgIpc) is 2.81. The average molecular weight is 330 g/mol. The van der Waals surface area contributed by atoms with Gasteiger partial charge in [-0.1, -0.05) is 43.7 Å². The number of hydrogen-bond donors (Lipinski definition) is 1. The van der Waals surface area contributed by atoms with E-state index in [0.717, 1.165) is 41.9 Å². The van der Waals surface area contributed by atoms with Crippen LogP contribution < -0.4 is 5.73 Å². The van der Waals surface area contributed by atoms with Crippen molar-refractivity contribution in [3.05, 3.63) is 40.3 Å². The zero-order valence-corrected chi connectivity index (χ0v) is 15.3. The van der Waals surface area contributed by atoms with Crippen LogP contribution in [0.5, 0.6) is 0 Å². The number of nitrogens with two attached hydrogens (primary N) is 1. The minimum Gasteiger partial charge on any atom is -0.390 e. The van der Waals surface area contributed by atoms with E-state index >= 15 is 0 Å². The summed E-state index contributed by atoms with van der Waals surface area (Å²) in [5.41, 5.74) is 10.2. The normalized spacial score (nSPS) is 10.8. The molecule has 124 valence electrons. The SMILES string of the molecule is CCCN(CCC)C(=O)c1c(N)sc(C)c1-c1ccc(C)cc1. The van der Waals surface area contributed by atoms with Crippen LogP contribution in [0, 0.1) is 13.8 Å². The Hall–Kier alpha value is -1.81. The maximum Gasteiger partial charge on any atom is 0.257 e. The van der Waals surface area contributed by atoms with Crippen molar-refractivity contribution in [1.29, 1.82) is 0 Å². The second-order valence-electron chi connectivity index (χ2n) is 5.93. The number of carbonyl (C=O) groups excluding carboxylic acids is 1. The summed E-state index contributed by atoms with van der Waals surface area (Å²) in [6.07, 6.45) is 1.91. The van der Waals surface area contributed by atoms with E-state index in [0.29, 0.717) is 10.6 Å². The summed E-state index contributed by atoms with van der Waals surface area (Å²) in [5.74, 6) is 0.0612. The molecule has 1 aromatic carbocycles. The molecule has 3 nitrogen and oxygen atoms in total. The van der Waals surface area contributed by atoms with Gasteiger partial charge in [0.05, 0.1) is 10.6 Å². The van der Waals surface area contributed by atoms with Gasteiger partial charge in [0.25, 0.3) is 5.91 Å². The lowest BCUT2D eigenvalue weighted by molar-refractivity contribution is 0.0758. The molecule has 0 saturated carbocycles. The van der Waals surface area contributed by atoms with E-state index in [1.807, 2.05) is 11.8 Å². The first-order valence-corrected chi connectivity index (χ1v) is 9.06. The van der Waals surface area contributed by atoms with E-state index in [2.05, 4.69) is 45.0 Å². The number of benzene rings is 1. The zero-order valence-electron chi connectivity index (χ0n) is 14.5. The van der Waals surface area contributed by atoms with Gasteiger partial charge in [-0.3, -0.25) is 4.79 Å². The molecular weight excluding hydrogens is 304 g/mol. The first kappa shape index (κ1) is 17.5. The van der Waals surface area contributed by atoms with Crippen LogP contribution in [0.2, 0.25) is 0 Å². The first-order chi connectivity index (χ1) is 11.0. The number of thiophene rings is 1. The molecule has 1 aromatic heterocycles. The fraction of sp³-hybridized carbons (Fsp3) is 0.421. The van der Waals surface area contributed by atoms with Gasteiger partial charge >= 0.3 is 0 Å². The van der Waals surface area contributed by atoms with Gasteiger partial charge in [0.15, 0.2) is 0 Å². The van der Waals surface area contributed by atoms with Crippen molar-refractivity contribution in [2.75, 3.05) is 18.8 Å². The molecule has 4 heteroatoms. The van der Waals surface area contributed by atoms with Gasteiger partial charge in [0.1, 0.15) is 0 Å². The number of carbonyl (C=O) groups is 1. The Morgan fingerprint density at radius 3 is 2.17 bits per heavy atom. The number of hydrogen-bond acceptors (Lipinski definition) is 3. The smallest absolute Gasteiger partial charge is 0.257 e. The number of anilines is 1. The van der Waals surface area contributed by atoms with Crippen LogP contribution in [0.1, 0.15) is 47.5 Å². The molecule has 23 heavy (non-hydrogen) atoms.